The first-order valence-electron chi connectivity index (χ1n) is 4.74. The summed E-state index contributed by atoms with van der Waals surface area (Å²) in [4.78, 5) is 9.65. The Balaban J connectivity index is 0.000000265. The lowest BCUT2D eigenvalue weighted by atomic mass is 10.3. The lowest BCUT2D eigenvalue weighted by molar-refractivity contribution is -0.305. The average Bonchev–Trinajstić information content (AvgIpc) is 2.20. The molecule has 0 heterocycles. The Morgan fingerprint density at radius 1 is 1.20 bits per heavy atom. The van der Waals surface area contributed by atoms with Crippen LogP contribution in [0.4, 0.5) is 0 Å². The number of unbranched alkanes of at least 4 members (excludes halogenated alkanes) is 1. The van der Waals surface area contributed by atoms with E-state index in [-0.39, 0.29) is 17.9 Å². The number of carboxylic acids is 1. The number of hydrogen-bond donors (Lipinski definition) is 2. The van der Waals surface area contributed by atoms with Gasteiger partial charge in [0.15, 0.2) is 0 Å². The van der Waals surface area contributed by atoms with Gasteiger partial charge in [0.25, 0.3) is 0 Å². The second kappa shape index (κ2) is 7.67. The van der Waals surface area contributed by atoms with Crippen LogP contribution in [0.15, 0.2) is 24.3 Å². The van der Waals surface area contributed by atoms with E-state index < -0.39 is 5.97 Å². The van der Waals surface area contributed by atoms with E-state index in [0.29, 0.717) is 0 Å². The van der Waals surface area contributed by atoms with Crippen molar-refractivity contribution in [2.45, 2.75) is 26.2 Å². The van der Waals surface area contributed by atoms with Gasteiger partial charge in [-0.25, -0.2) is 0 Å². The van der Waals surface area contributed by atoms with Gasteiger partial charge in [-0.05, 0) is 37.1 Å². The maximum atomic E-state index is 9.65. The van der Waals surface area contributed by atoms with Crippen LogP contribution < -0.4 is 5.11 Å². The fourth-order valence-electron chi connectivity index (χ4n) is 0.774. The summed E-state index contributed by atoms with van der Waals surface area (Å²) in [6.45, 7) is 1.95. The van der Waals surface area contributed by atoms with Gasteiger partial charge < -0.3 is 20.1 Å². The zero-order valence-corrected chi connectivity index (χ0v) is 8.64. The third-order valence-corrected chi connectivity index (χ3v) is 1.58. The molecule has 0 amide bonds. The van der Waals surface area contributed by atoms with Crippen LogP contribution in [0.2, 0.25) is 0 Å². The Labute approximate surface area is 88.8 Å². The largest absolute Gasteiger partial charge is 0.550 e. The molecular formula is C11H15O4-. The second-order valence-corrected chi connectivity index (χ2v) is 2.99. The van der Waals surface area contributed by atoms with Gasteiger partial charge in [0.2, 0.25) is 0 Å². The minimum atomic E-state index is -0.943. The first-order valence-corrected chi connectivity index (χ1v) is 4.74. The lowest BCUT2D eigenvalue weighted by Gasteiger charge is -1.95. The van der Waals surface area contributed by atoms with Crippen LogP contribution in [0.25, 0.3) is 0 Å². The van der Waals surface area contributed by atoms with Gasteiger partial charge in [-0.3, -0.25) is 0 Å². The number of carboxylic acid groups (broad SMARTS) is 1. The van der Waals surface area contributed by atoms with E-state index in [1.54, 1.807) is 0 Å². The van der Waals surface area contributed by atoms with Crippen LogP contribution in [-0.4, -0.2) is 16.2 Å². The second-order valence-electron chi connectivity index (χ2n) is 2.99. The normalized spacial score (nSPS) is 8.87. The molecule has 2 N–H and O–H groups in total. The van der Waals surface area contributed by atoms with Gasteiger partial charge in [-0.1, -0.05) is 13.3 Å². The molecule has 0 aliphatic heterocycles. The SMILES string of the molecule is CCCCC(=O)[O-].Oc1ccc(O)cc1. The van der Waals surface area contributed by atoms with Crippen molar-refractivity contribution < 1.29 is 20.1 Å². The van der Waals surface area contributed by atoms with E-state index in [2.05, 4.69) is 0 Å². The van der Waals surface area contributed by atoms with E-state index in [1.807, 2.05) is 6.92 Å². The molecule has 0 radical (unpaired) electrons. The van der Waals surface area contributed by atoms with Crippen LogP contribution in [0.3, 0.4) is 0 Å². The van der Waals surface area contributed by atoms with Crippen molar-refractivity contribution in [3.8, 4) is 11.5 Å². The quantitative estimate of drug-likeness (QED) is 0.731. The standard InChI is InChI=1S/C6H6O2.C5H10O2/c7-5-1-2-6(8)4-3-5;1-2-3-4-5(6)7/h1-4,7-8H;2-4H2,1H3,(H,6,7)/p-1. The molecule has 0 aliphatic rings. The van der Waals surface area contributed by atoms with Crippen LogP contribution in [0.1, 0.15) is 26.2 Å². The highest BCUT2D eigenvalue weighted by atomic mass is 16.4. The van der Waals surface area contributed by atoms with E-state index in [0.717, 1.165) is 12.8 Å². The van der Waals surface area contributed by atoms with Crippen LogP contribution in [0, 0.1) is 0 Å². The Hall–Kier alpha value is -1.71. The van der Waals surface area contributed by atoms with Gasteiger partial charge in [-0.15, -0.1) is 0 Å². The molecule has 1 aromatic carbocycles. The summed E-state index contributed by atoms with van der Waals surface area (Å²) in [6, 6.07) is 5.70. The van der Waals surface area contributed by atoms with Crippen molar-refractivity contribution in [1.29, 1.82) is 0 Å². The fraction of sp³-hybridized carbons (Fsp3) is 0.364. The first kappa shape index (κ1) is 13.3. The molecule has 0 unspecified atom stereocenters. The predicted molar refractivity (Wildman–Crippen MR) is 54.3 cm³/mol. The molecule has 15 heavy (non-hydrogen) atoms. The minimum Gasteiger partial charge on any atom is -0.550 e. The van der Waals surface area contributed by atoms with E-state index in [1.165, 1.54) is 24.3 Å². The molecule has 0 atom stereocenters. The number of hydrogen-bond acceptors (Lipinski definition) is 4. The highest BCUT2D eigenvalue weighted by Gasteiger charge is 1.84. The molecule has 0 spiro atoms. The third kappa shape index (κ3) is 8.62. The maximum absolute atomic E-state index is 9.65. The number of carbonyl (C=O) groups excluding carboxylic acids is 1. The van der Waals surface area contributed by atoms with Gasteiger partial charge in [0.05, 0.1) is 0 Å². The zero-order chi connectivity index (χ0) is 11.7. The molecule has 0 saturated heterocycles. The number of phenols is 2. The van der Waals surface area contributed by atoms with Crippen molar-refractivity contribution in [1.82, 2.24) is 0 Å². The highest BCUT2D eigenvalue weighted by molar-refractivity contribution is 5.63. The van der Waals surface area contributed by atoms with Crippen LogP contribution in [-0.2, 0) is 4.79 Å². The highest BCUT2D eigenvalue weighted by Crippen LogP contribution is 2.13. The maximum Gasteiger partial charge on any atom is 0.115 e. The summed E-state index contributed by atoms with van der Waals surface area (Å²) in [5.74, 6) is -0.604. The number of carbonyl (C=O) groups is 1. The summed E-state index contributed by atoms with van der Waals surface area (Å²) in [6.07, 6.45) is 1.87. The average molecular weight is 211 g/mol. The fourth-order valence-corrected chi connectivity index (χ4v) is 0.774. The minimum absolute atomic E-state index is 0.169. The molecule has 84 valence electrons. The smallest absolute Gasteiger partial charge is 0.115 e. The van der Waals surface area contributed by atoms with Crippen LogP contribution >= 0.6 is 0 Å². The molecule has 1 aromatic rings. The van der Waals surface area contributed by atoms with E-state index in [9.17, 15) is 9.90 Å². The number of benzene rings is 1. The molecule has 1 rings (SSSR count). The van der Waals surface area contributed by atoms with Crippen molar-refractivity contribution >= 4 is 5.97 Å². The number of rotatable bonds is 3. The van der Waals surface area contributed by atoms with Gasteiger partial charge in [0.1, 0.15) is 11.5 Å². The predicted octanol–water partition coefficient (Wildman–Crippen LogP) is 1.02. The molecule has 0 aromatic heterocycles. The number of aliphatic carboxylic acids is 1. The Kier molecular flexibility index (Phi) is 6.80. The Bertz CT molecular complexity index is 258. The molecule has 0 saturated carbocycles. The summed E-state index contributed by atoms with van der Waals surface area (Å²) in [7, 11) is 0. The molecule has 0 aliphatic carbocycles. The van der Waals surface area contributed by atoms with Crippen LogP contribution in [0.5, 0.6) is 11.5 Å². The first-order chi connectivity index (χ1) is 7.06. The van der Waals surface area contributed by atoms with E-state index in [4.69, 9.17) is 10.2 Å². The number of aromatic hydroxyl groups is 2. The van der Waals surface area contributed by atoms with Crippen molar-refractivity contribution in [3.05, 3.63) is 24.3 Å². The lowest BCUT2D eigenvalue weighted by Crippen LogP contribution is -2.21. The summed E-state index contributed by atoms with van der Waals surface area (Å²) in [5.41, 5.74) is 0. The molecule has 0 fully saturated rings. The van der Waals surface area contributed by atoms with Crippen molar-refractivity contribution in [2.75, 3.05) is 0 Å². The van der Waals surface area contributed by atoms with E-state index >= 15 is 0 Å². The Morgan fingerprint density at radius 3 is 1.80 bits per heavy atom. The molecule has 4 nitrogen and oxygen atoms in total. The topological polar surface area (TPSA) is 80.6 Å². The number of phenolic OH excluding ortho intramolecular Hbond substituents is 2. The van der Waals surface area contributed by atoms with Gasteiger partial charge >= 0.3 is 0 Å². The summed E-state index contributed by atoms with van der Waals surface area (Å²) < 4.78 is 0. The Morgan fingerprint density at radius 2 is 1.60 bits per heavy atom. The summed E-state index contributed by atoms with van der Waals surface area (Å²) >= 11 is 0. The molecular weight excluding hydrogens is 196 g/mol. The van der Waals surface area contributed by atoms with Gasteiger partial charge in [-0.2, -0.15) is 0 Å². The third-order valence-electron chi connectivity index (χ3n) is 1.58. The molecule has 0 bridgehead atoms. The monoisotopic (exact) mass is 211 g/mol. The van der Waals surface area contributed by atoms with Crippen molar-refractivity contribution in [2.24, 2.45) is 0 Å². The summed E-state index contributed by atoms with van der Waals surface area (Å²) in [5, 5.41) is 26.9. The zero-order valence-electron chi connectivity index (χ0n) is 8.64. The van der Waals surface area contributed by atoms with Gasteiger partial charge in [0, 0.05) is 5.97 Å². The molecule has 4 heteroatoms. The van der Waals surface area contributed by atoms with Crippen molar-refractivity contribution in [3.63, 3.8) is 0 Å².